The molecule has 2 aliphatic rings. The fourth-order valence-corrected chi connectivity index (χ4v) is 5.51. The molecule has 1 N–H and O–H groups in total. The molecule has 1 amide bonds. The van der Waals surface area contributed by atoms with E-state index in [-0.39, 0.29) is 30.4 Å². The van der Waals surface area contributed by atoms with E-state index in [2.05, 4.69) is 6.92 Å². The summed E-state index contributed by atoms with van der Waals surface area (Å²) in [6.45, 7) is 3.57. The number of amides is 1. The minimum absolute atomic E-state index is 0.0811. The predicted octanol–water partition coefficient (Wildman–Crippen LogP) is 5.33. The van der Waals surface area contributed by atoms with Crippen LogP contribution in [0.25, 0.3) is 0 Å². The molecule has 34 heavy (non-hydrogen) atoms. The monoisotopic (exact) mass is 489 g/mol. The van der Waals surface area contributed by atoms with Crippen LogP contribution in [0.2, 0.25) is 5.02 Å². The van der Waals surface area contributed by atoms with Crippen molar-refractivity contribution in [2.24, 2.45) is 5.92 Å². The van der Waals surface area contributed by atoms with Crippen LogP contribution in [0, 0.1) is 11.7 Å². The number of hydrogen-bond acceptors (Lipinski definition) is 4. The fraction of sp³-hybridized carbons (Fsp3) is 0.462. The van der Waals surface area contributed by atoms with Gasteiger partial charge >= 0.3 is 5.97 Å². The van der Waals surface area contributed by atoms with Gasteiger partial charge in [-0.05, 0) is 72.1 Å². The first kappa shape index (κ1) is 24.6. The van der Waals surface area contributed by atoms with Gasteiger partial charge in [0.2, 0.25) is 0 Å². The minimum atomic E-state index is -1.00. The summed E-state index contributed by atoms with van der Waals surface area (Å²) in [6.07, 6.45) is 1.55. The number of hydrogen-bond donors (Lipinski definition) is 1. The van der Waals surface area contributed by atoms with Gasteiger partial charge < -0.3 is 19.5 Å². The van der Waals surface area contributed by atoms with Gasteiger partial charge in [0, 0.05) is 37.5 Å². The maximum atomic E-state index is 15.5. The molecule has 0 aliphatic carbocycles. The Morgan fingerprint density at radius 1 is 1.26 bits per heavy atom. The Bertz CT molecular complexity index is 1090. The van der Waals surface area contributed by atoms with Gasteiger partial charge in [0.25, 0.3) is 5.91 Å². The first-order chi connectivity index (χ1) is 16.3. The van der Waals surface area contributed by atoms with Gasteiger partial charge in [-0.1, -0.05) is 24.6 Å². The highest BCUT2D eigenvalue weighted by Crippen LogP contribution is 2.42. The summed E-state index contributed by atoms with van der Waals surface area (Å²) < 4.78 is 26.5. The summed E-state index contributed by atoms with van der Waals surface area (Å²) >= 11 is 6.06. The summed E-state index contributed by atoms with van der Waals surface area (Å²) in [5.41, 5.74) is 2.50. The second kappa shape index (κ2) is 10.4. The van der Waals surface area contributed by atoms with Gasteiger partial charge in [-0.2, -0.15) is 0 Å². The van der Waals surface area contributed by atoms with Crippen molar-refractivity contribution >= 4 is 23.5 Å². The molecule has 8 heteroatoms. The number of benzene rings is 2. The molecule has 0 spiro atoms. The third kappa shape index (κ3) is 4.83. The SMILES string of the molecule is CCC(c1cc(F)c2c(c1)C(=O)N(Cc1ccc(Cl)cc1CC(=O)O)C2OC)C1CCOCC1. The van der Waals surface area contributed by atoms with Crippen LogP contribution in [0.5, 0.6) is 0 Å². The van der Waals surface area contributed by atoms with Crippen LogP contribution in [0.3, 0.4) is 0 Å². The predicted molar refractivity (Wildman–Crippen MR) is 125 cm³/mol. The Hall–Kier alpha value is -2.48. The van der Waals surface area contributed by atoms with Crippen molar-refractivity contribution < 1.29 is 28.6 Å². The lowest BCUT2D eigenvalue weighted by atomic mass is 9.79. The lowest BCUT2D eigenvalue weighted by Gasteiger charge is -2.30. The van der Waals surface area contributed by atoms with Crippen LogP contribution >= 0.6 is 11.6 Å². The van der Waals surface area contributed by atoms with Crippen LogP contribution in [0.15, 0.2) is 30.3 Å². The minimum Gasteiger partial charge on any atom is -0.481 e. The van der Waals surface area contributed by atoms with Crippen LogP contribution in [0.4, 0.5) is 4.39 Å². The topological polar surface area (TPSA) is 76.1 Å². The van der Waals surface area contributed by atoms with E-state index in [0.717, 1.165) is 24.8 Å². The van der Waals surface area contributed by atoms with Gasteiger partial charge in [-0.3, -0.25) is 9.59 Å². The molecule has 1 fully saturated rings. The van der Waals surface area contributed by atoms with Gasteiger partial charge in [0.1, 0.15) is 5.82 Å². The summed E-state index contributed by atoms with van der Waals surface area (Å²) in [5.74, 6) is -1.26. The zero-order chi connectivity index (χ0) is 24.4. The Balaban J connectivity index is 1.68. The van der Waals surface area contributed by atoms with E-state index in [0.29, 0.717) is 40.8 Å². The van der Waals surface area contributed by atoms with E-state index in [1.807, 2.05) is 6.07 Å². The number of rotatable bonds is 8. The van der Waals surface area contributed by atoms with Gasteiger partial charge in [0.05, 0.1) is 12.0 Å². The van der Waals surface area contributed by atoms with Gasteiger partial charge in [0.15, 0.2) is 6.23 Å². The zero-order valence-electron chi connectivity index (χ0n) is 19.4. The third-order valence-corrected chi connectivity index (χ3v) is 7.19. The lowest BCUT2D eigenvalue weighted by Crippen LogP contribution is -2.29. The molecule has 1 saturated heterocycles. The summed E-state index contributed by atoms with van der Waals surface area (Å²) in [4.78, 5) is 26.3. The average Bonchev–Trinajstić information content (AvgIpc) is 3.08. The van der Waals surface area contributed by atoms with Crippen molar-refractivity contribution in [1.82, 2.24) is 4.90 Å². The van der Waals surface area contributed by atoms with E-state index >= 15 is 4.39 Å². The number of carbonyl (C=O) groups is 2. The van der Waals surface area contributed by atoms with Gasteiger partial charge in [-0.25, -0.2) is 4.39 Å². The summed E-state index contributed by atoms with van der Waals surface area (Å²) in [7, 11) is 1.43. The smallest absolute Gasteiger partial charge is 0.307 e. The standard InChI is InChI=1S/C26H29ClFNO5/c1-3-20(15-6-8-34-9-7-15)18-11-21-24(22(28)12-18)26(33-2)29(25(21)32)14-16-4-5-19(27)10-17(16)13-23(30)31/h4-5,10-12,15,20,26H,3,6-9,13-14H2,1-2H3,(H,30,31). The van der Waals surface area contributed by atoms with E-state index in [1.165, 1.54) is 12.0 Å². The molecule has 0 saturated carbocycles. The number of carboxylic acid groups (broad SMARTS) is 1. The molecular weight excluding hydrogens is 461 g/mol. The number of carbonyl (C=O) groups excluding carboxylic acids is 1. The number of aliphatic carboxylic acids is 1. The quantitative estimate of drug-likeness (QED) is 0.542. The molecule has 0 bridgehead atoms. The van der Waals surface area contributed by atoms with Crippen molar-refractivity contribution in [3.05, 3.63) is 69.0 Å². The Kier molecular flexibility index (Phi) is 7.55. The molecule has 2 aromatic carbocycles. The van der Waals surface area contributed by atoms with Crippen LogP contribution < -0.4 is 0 Å². The first-order valence-corrected chi connectivity index (χ1v) is 12.0. The number of nitrogens with zero attached hydrogens (tertiary/aromatic N) is 1. The molecule has 0 radical (unpaired) electrons. The molecule has 2 unspecified atom stereocenters. The molecule has 2 heterocycles. The number of carboxylic acids is 1. The maximum Gasteiger partial charge on any atom is 0.307 e. The van der Waals surface area contributed by atoms with E-state index < -0.39 is 18.0 Å². The molecule has 2 aromatic rings. The number of halogens is 2. The van der Waals surface area contributed by atoms with Crippen molar-refractivity contribution in [3.63, 3.8) is 0 Å². The molecule has 6 nitrogen and oxygen atoms in total. The van der Waals surface area contributed by atoms with E-state index in [4.69, 9.17) is 21.1 Å². The number of fused-ring (bicyclic) bond motifs is 1. The summed E-state index contributed by atoms with van der Waals surface area (Å²) in [6, 6.07) is 8.29. The second-order valence-electron chi connectivity index (χ2n) is 8.93. The summed E-state index contributed by atoms with van der Waals surface area (Å²) in [5, 5.41) is 9.69. The van der Waals surface area contributed by atoms with Crippen molar-refractivity contribution in [2.45, 2.75) is 51.3 Å². The van der Waals surface area contributed by atoms with E-state index in [1.54, 1.807) is 24.3 Å². The van der Waals surface area contributed by atoms with Gasteiger partial charge in [-0.15, -0.1) is 0 Å². The Morgan fingerprint density at radius 2 is 2.00 bits per heavy atom. The van der Waals surface area contributed by atoms with E-state index in [9.17, 15) is 14.7 Å². The van der Waals surface area contributed by atoms with Crippen LogP contribution in [0.1, 0.15) is 70.9 Å². The average molecular weight is 490 g/mol. The highest BCUT2D eigenvalue weighted by Gasteiger charge is 2.40. The van der Waals surface area contributed by atoms with Crippen LogP contribution in [-0.2, 0) is 27.2 Å². The number of methoxy groups -OCH3 is 1. The third-order valence-electron chi connectivity index (χ3n) is 6.95. The number of ether oxygens (including phenoxy) is 2. The first-order valence-electron chi connectivity index (χ1n) is 11.6. The molecule has 0 aromatic heterocycles. The largest absolute Gasteiger partial charge is 0.481 e. The van der Waals surface area contributed by atoms with Crippen molar-refractivity contribution in [3.8, 4) is 0 Å². The second-order valence-corrected chi connectivity index (χ2v) is 9.37. The van der Waals surface area contributed by atoms with Crippen LogP contribution in [-0.4, -0.2) is 42.2 Å². The molecule has 4 rings (SSSR count). The normalized spacial score (nSPS) is 19.4. The van der Waals surface area contributed by atoms with Crippen molar-refractivity contribution in [1.29, 1.82) is 0 Å². The highest BCUT2D eigenvalue weighted by molar-refractivity contribution is 6.30. The maximum absolute atomic E-state index is 15.5. The lowest BCUT2D eigenvalue weighted by molar-refractivity contribution is -0.136. The Labute approximate surface area is 203 Å². The highest BCUT2D eigenvalue weighted by atomic mass is 35.5. The zero-order valence-corrected chi connectivity index (χ0v) is 20.1. The molecule has 2 atom stereocenters. The van der Waals surface area contributed by atoms with Crippen molar-refractivity contribution in [2.75, 3.05) is 20.3 Å². The Morgan fingerprint density at radius 3 is 2.65 bits per heavy atom. The molecule has 182 valence electrons. The molecule has 2 aliphatic heterocycles. The molecular formula is C26H29ClFNO5. The fourth-order valence-electron chi connectivity index (χ4n) is 5.32.